The molecular formula is C23H26FNO2S. The quantitative estimate of drug-likeness (QED) is 0.681. The highest BCUT2D eigenvalue weighted by atomic mass is 32.3. The van der Waals surface area contributed by atoms with Gasteiger partial charge in [-0.05, 0) is 72.4 Å². The highest BCUT2D eigenvalue weighted by Gasteiger charge is 2.67. The third-order valence-electron chi connectivity index (χ3n) is 7.52. The molecule has 0 amide bonds. The van der Waals surface area contributed by atoms with E-state index in [1.807, 2.05) is 6.07 Å². The van der Waals surface area contributed by atoms with Crippen LogP contribution in [-0.4, -0.2) is 29.0 Å². The molecule has 3 nitrogen and oxygen atoms in total. The lowest BCUT2D eigenvalue weighted by Crippen LogP contribution is -2.36. The lowest BCUT2D eigenvalue weighted by Gasteiger charge is -2.43. The molecule has 6 rings (SSSR count). The van der Waals surface area contributed by atoms with Crippen molar-refractivity contribution in [3.8, 4) is 5.75 Å². The van der Waals surface area contributed by atoms with Gasteiger partial charge in [-0.15, -0.1) is 0 Å². The maximum absolute atomic E-state index is 14.0. The summed E-state index contributed by atoms with van der Waals surface area (Å²) in [5.41, 5.74) is 4.75. The summed E-state index contributed by atoms with van der Waals surface area (Å²) in [4.78, 5) is 0. The third kappa shape index (κ3) is 2.32. The molecule has 0 saturated carbocycles. The van der Waals surface area contributed by atoms with E-state index in [2.05, 4.69) is 30.4 Å². The molecular weight excluding hydrogens is 373 g/mol. The van der Waals surface area contributed by atoms with Gasteiger partial charge in [-0.1, -0.05) is 12.1 Å². The van der Waals surface area contributed by atoms with Crippen molar-refractivity contribution in [2.24, 2.45) is 5.92 Å². The van der Waals surface area contributed by atoms with Gasteiger partial charge in [-0.3, -0.25) is 0 Å². The molecule has 0 aromatic heterocycles. The first-order chi connectivity index (χ1) is 13.5. The molecule has 5 heteroatoms. The number of hydrogen-bond donors (Lipinski definition) is 2. The maximum Gasteiger partial charge on any atom is 0.165 e. The fourth-order valence-electron chi connectivity index (χ4n) is 5.57. The smallest absolute Gasteiger partial charge is 0.165 e. The number of ether oxygens (including phenoxy) is 1. The van der Waals surface area contributed by atoms with E-state index < -0.39 is 5.82 Å². The van der Waals surface area contributed by atoms with Crippen LogP contribution in [0.15, 0.2) is 36.4 Å². The molecule has 28 heavy (non-hydrogen) atoms. The lowest BCUT2D eigenvalue weighted by molar-refractivity contribution is -0.0382. The van der Waals surface area contributed by atoms with Crippen LogP contribution in [0.1, 0.15) is 48.6 Å². The van der Waals surface area contributed by atoms with Gasteiger partial charge in [0.1, 0.15) is 0 Å². The molecule has 2 aromatic rings. The number of anilines is 1. The molecule has 0 radical (unpaired) electrons. The van der Waals surface area contributed by atoms with Crippen LogP contribution in [-0.2, 0) is 9.48 Å². The molecule has 148 valence electrons. The largest absolute Gasteiger partial charge is 0.505 e. The minimum absolute atomic E-state index is 0.00402. The zero-order valence-electron chi connectivity index (χ0n) is 16.1. The summed E-state index contributed by atoms with van der Waals surface area (Å²) in [6.07, 6.45) is 2.14. The topological polar surface area (TPSA) is 41.5 Å². The summed E-state index contributed by atoms with van der Waals surface area (Å²) in [7, 11) is -0.305. The molecule has 4 atom stereocenters. The van der Waals surface area contributed by atoms with Crippen molar-refractivity contribution < 1.29 is 14.2 Å². The zero-order chi connectivity index (χ0) is 19.1. The first-order valence-electron chi connectivity index (χ1n) is 10.3. The first kappa shape index (κ1) is 17.2. The molecule has 2 N–H and O–H groups in total. The Kier molecular flexibility index (Phi) is 3.47. The van der Waals surface area contributed by atoms with Gasteiger partial charge < -0.3 is 15.2 Å². The molecule has 1 spiro atoms. The summed E-state index contributed by atoms with van der Waals surface area (Å²) >= 11 is 0. The molecule has 2 aromatic carbocycles. The van der Waals surface area contributed by atoms with Crippen LogP contribution in [0.3, 0.4) is 0 Å². The van der Waals surface area contributed by atoms with Gasteiger partial charge in [0.05, 0.1) is 12.1 Å². The van der Waals surface area contributed by atoms with E-state index in [0.29, 0.717) is 4.75 Å². The Hall–Kier alpha value is -1.72. The lowest BCUT2D eigenvalue weighted by atomic mass is 9.77. The van der Waals surface area contributed by atoms with Crippen molar-refractivity contribution in [1.82, 2.24) is 0 Å². The Morgan fingerprint density at radius 1 is 1.21 bits per heavy atom. The van der Waals surface area contributed by atoms with E-state index in [4.69, 9.17) is 4.74 Å². The second-order valence-corrected chi connectivity index (χ2v) is 13.2. The number of fused-ring (bicyclic) bond motifs is 3. The first-order valence-corrected chi connectivity index (χ1v) is 12.4. The average Bonchev–Trinajstić information content (AvgIpc) is 3.61. The predicted octanol–water partition coefficient (Wildman–Crippen LogP) is 5.21. The number of nitrogens with one attached hydrogen (secondary N) is 1. The standard InChI is InChI=1S/C23H26FNO2S/c1-23(13-28(23)9-10-28)15-5-6-19-17(12-15)22-16(3-2-8-27-22)21(25-19)14-4-7-20(26)18(24)11-14/h4-7,11-12,16,21-22,25-26H,2-3,8-10,13H2,1H3/t16-,21-,22?,23?/m0/s1. The fraction of sp³-hybridized carbons (Fsp3) is 0.478. The second-order valence-electron chi connectivity index (χ2n) is 9.06. The van der Waals surface area contributed by atoms with E-state index in [0.717, 1.165) is 30.7 Å². The highest BCUT2D eigenvalue weighted by Crippen LogP contribution is 2.89. The Morgan fingerprint density at radius 2 is 2.07 bits per heavy atom. The van der Waals surface area contributed by atoms with Gasteiger partial charge in [0.15, 0.2) is 11.6 Å². The number of phenols is 1. The highest BCUT2D eigenvalue weighted by molar-refractivity contribution is 8.45. The molecule has 0 aliphatic carbocycles. The Balaban J connectivity index is 1.40. The molecule has 4 aliphatic rings. The van der Waals surface area contributed by atoms with E-state index in [-0.39, 0.29) is 33.8 Å². The number of benzene rings is 2. The van der Waals surface area contributed by atoms with Crippen LogP contribution in [0.5, 0.6) is 5.75 Å². The van der Waals surface area contributed by atoms with Gasteiger partial charge in [-0.25, -0.2) is 14.4 Å². The second kappa shape index (κ2) is 5.67. The van der Waals surface area contributed by atoms with Crippen LogP contribution in [0.25, 0.3) is 0 Å². The van der Waals surface area contributed by atoms with E-state index in [1.54, 1.807) is 0 Å². The van der Waals surface area contributed by atoms with Crippen LogP contribution in [0.4, 0.5) is 10.1 Å². The third-order valence-corrected chi connectivity index (χ3v) is 12.0. The number of aromatic hydroxyl groups is 1. The van der Waals surface area contributed by atoms with Crippen LogP contribution in [0.2, 0.25) is 0 Å². The fourth-order valence-corrected chi connectivity index (χ4v) is 9.86. The molecule has 4 heterocycles. The van der Waals surface area contributed by atoms with E-state index in [9.17, 15) is 9.50 Å². The summed E-state index contributed by atoms with van der Waals surface area (Å²) in [6, 6.07) is 11.6. The minimum Gasteiger partial charge on any atom is -0.505 e. The molecule has 3 fully saturated rings. The van der Waals surface area contributed by atoms with Gasteiger partial charge in [0, 0.05) is 28.5 Å². The molecule has 2 unspecified atom stereocenters. The van der Waals surface area contributed by atoms with Crippen molar-refractivity contribution in [2.45, 2.75) is 36.7 Å². The zero-order valence-corrected chi connectivity index (χ0v) is 16.9. The summed E-state index contributed by atoms with van der Waals surface area (Å²) in [5, 5.41) is 13.2. The summed E-state index contributed by atoms with van der Waals surface area (Å²) in [6.45, 7) is 3.24. The molecule has 3 saturated heterocycles. The number of rotatable bonds is 2. The van der Waals surface area contributed by atoms with Crippen LogP contribution < -0.4 is 5.32 Å². The van der Waals surface area contributed by atoms with Gasteiger partial charge in [0.25, 0.3) is 0 Å². The van der Waals surface area contributed by atoms with Crippen molar-refractivity contribution in [1.29, 1.82) is 0 Å². The number of halogens is 1. The van der Waals surface area contributed by atoms with Gasteiger partial charge in [-0.2, -0.15) is 0 Å². The van der Waals surface area contributed by atoms with Crippen molar-refractivity contribution >= 4 is 15.7 Å². The number of phenolic OH excluding ortho intramolecular Hbond substituents is 1. The van der Waals surface area contributed by atoms with Crippen LogP contribution >= 0.6 is 10.0 Å². The Morgan fingerprint density at radius 3 is 2.82 bits per heavy atom. The monoisotopic (exact) mass is 399 g/mol. The minimum atomic E-state index is -0.562. The number of hydrogen-bond acceptors (Lipinski definition) is 3. The SMILES string of the molecule is CC1(c2ccc3c(c2)C2OCCC[C@H]2[C@H](c2ccc(O)c(F)c2)N3)CS12CC2. The summed E-state index contributed by atoms with van der Waals surface area (Å²) < 4.78 is 20.7. The normalized spacial score (nSPS) is 35.4. The molecule has 0 bridgehead atoms. The predicted molar refractivity (Wildman–Crippen MR) is 112 cm³/mol. The molecule has 4 aliphatic heterocycles. The van der Waals surface area contributed by atoms with Gasteiger partial charge >= 0.3 is 0 Å². The van der Waals surface area contributed by atoms with Crippen molar-refractivity contribution in [3.63, 3.8) is 0 Å². The van der Waals surface area contributed by atoms with Crippen molar-refractivity contribution in [3.05, 3.63) is 58.9 Å². The average molecular weight is 400 g/mol. The van der Waals surface area contributed by atoms with Crippen LogP contribution in [0, 0.1) is 11.7 Å². The maximum atomic E-state index is 14.0. The van der Waals surface area contributed by atoms with E-state index >= 15 is 0 Å². The Bertz CT molecular complexity index is 975. The summed E-state index contributed by atoms with van der Waals surface area (Å²) in [5.74, 6) is 3.72. The van der Waals surface area contributed by atoms with E-state index in [1.165, 1.54) is 40.5 Å². The van der Waals surface area contributed by atoms with Gasteiger partial charge in [0.2, 0.25) is 0 Å². The van der Waals surface area contributed by atoms with Crippen molar-refractivity contribution in [2.75, 3.05) is 29.2 Å². The Labute approximate surface area is 166 Å².